The summed E-state index contributed by atoms with van der Waals surface area (Å²) in [6.07, 6.45) is 2.50. The lowest BCUT2D eigenvalue weighted by atomic mass is 10.2. The first-order valence-corrected chi connectivity index (χ1v) is 5.09. The van der Waals surface area contributed by atoms with E-state index in [9.17, 15) is 0 Å². The zero-order valence-corrected chi connectivity index (χ0v) is 9.13. The number of hydrogen-bond donors (Lipinski definition) is 1. The highest BCUT2D eigenvalue weighted by Crippen LogP contribution is 2.15. The molecule has 1 aromatic heterocycles. The van der Waals surface area contributed by atoms with Crippen LogP contribution in [0.2, 0.25) is 0 Å². The number of nitrogens with zero attached hydrogens (tertiary/aromatic N) is 3. The number of aromatic nitrogens is 3. The molecule has 0 saturated heterocycles. The fraction of sp³-hybridized carbons (Fsp3) is 0.273. The largest absolute Gasteiger partial charge is 0.497 e. The predicted molar refractivity (Wildman–Crippen MR) is 60.7 cm³/mol. The Balaban J connectivity index is 2.31. The van der Waals surface area contributed by atoms with Gasteiger partial charge in [0.1, 0.15) is 5.75 Å². The molecule has 0 bridgehead atoms. The molecule has 0 atom stereocenters. The molecule has 2 aromatic rings. The van der Waals surface area contributed by atoms with E-state index in [0.717, 1.165) is 23.6 Å². The van der Waals surface area contributed by atoms with Crippen LogP contribution in [0.4, 0.5) is 0 Å². The van der Waals surface area contributed by atoms with Crippen LogP contribution in [0.3, 0.4) is 0 Å². The van der Waals surface area contributed by atoms with Gasteiger partial charge in [-0.1, -0.05) is 5.21 Å². The first-order valence-electron chi connectivity index (χ1n) is 5.09. The van der Waals surface area contributed by atoms with Crippen LogP contribution in [-0.4, -0.2) is 28.6 Å². The molecule has 2 N–H and O–H groups in total. The summed E-state index contributed by atoms with van der Waals surface area (Å²) in [6.45, 7) is 0.587. The van der Waals surface area contributed by atoms with Crippen molar-refractivity contribution < 1.29 is 4.74 Å². The number of hydrogen-bond acceptors (Lipinski definition) is 4. The lowest BCUT2D eigenvalue weighted by molar-refractivity contribution is 0.414. The average Bonchev–Trinajstić information content (AvgIpc) is 2.78. The second kappa shape index (κ2) is 4.76. The minimum absolute atomic E-state index is 0.587. The van der Waals surface area contributed by atoms with Crippen LogP contribution in [0.25, 0.3) is 5.69 Å². The van der Waals surface area contributed by atoms with Gasteiger partial charge in [-0.05, 0) is 30.8 Å². The van der Waals surface area contributed by atoms with Gasteiger partial charge in [-0.25, -0.2) is 4.68 Å². The molecule has 0 aliphatic heterocycles. The van der Waals surface area contributed by atoms with Crippen LogP contribution >= 0.6 is 0 Å². The molecule has 0 unspecified atom stereocenters. The maximum atomic E-state index is 5.52. The van der Waals surface area contributed by atoms with Gasteiger partial charge < -0.3 is 10.5 Å². The molecule has 2 rings (SSSR count). The van der Waals surface area contributed by atoms with E-state index in [-0.39, 0.29) is 0 Å². The van der Waals surface area contributed by atoms with E-state index in [1.165, 1.54) is 0 Å². The highest BCUT2D eigenvalue weighted by Gasteiger charge is 2.05. The quantitative estimate of drug-likeness (QED) is 0.823. The summed E-state index contributed by atoms with van der Waals surface area (Å²) in [5.74, 6) is 0.823. The molecule has 0 aliphatic carbocycles. The number of methoxy groups -OCH3 is 1. The van der Waals surface area contributed by atoms with E-state index in [0.29, 0.717) is 6.54 Å². The summed E-state index contributed by atoms with van der Waals surface area (Å²) in [5.41, 5.74) is 7.49. The highest BCUT2D eigenvalue weighted by molar-refractivity contribution is 5.37. The van der Waals surface area contributed by atoms with Crippen LogP contribution in [-0.2, 0) is 6.42 Å². The minimum Gasteiger partial charge on any atom is -0.497 e. The van der Waals surface area contributed by atoms with E-state index in [1.807, 2.05) is 24.3 Å². The number of benzene rings is 1. The van der Waals surface area contributed by atoms with Gasteiger partial charge in [0, 0.05) is 6.42 Å². The van der Waals surface area contributed by atoms with Crippen molar-refractivity contribution >= 4 is 0 Å². The Morgan fingerprint density at radius 1 is 1.31 bits per heavy atom. The van der Waals surface area contributed by atoms with Gasteiger partial charge in [-0.3, -0.25) is 0 Å². The molecular formula is C11H14N4O. The van der Waals surface area contributed by atoms with Gasteiger partial charge >= 0.3 is 0 Å². The number of ether oxygens (including phenoxy) is 1. The lowest BCUT2D eigenvalue weighted by Gasteiger charge is -2.06. The summed E-state index contributed by atoms with van der Waals surface area (Å²) >= 11 is 0. The van der Waals surface area contributed by atoms with Gasteiger partial charge in [-0.15, -0.1) is 5.10 Å². The topological polar surface area (TPSA) is 66.0 Å². The zero-order chi connectivity index (χ0) is 11.4. The van der Waals surface area contributed by atoms with Crippen LogP contribution < -0.4 is 10.5 Å². The van der Waals surface area contributed by atoms with Crippen LogP contribution in [0.1, 0.15) is 5.69 Å². The molecule has 16 heavy (non-hydrogen) atoms. The van der Waals surface area contributed by atoms with Gasteiger partial charge in [-0.2, -0.15) is 0 Å². The number of rotatable bonds is 4. The maximum Gasteiger partial charge on any atom is 0.119 e. The molecule has 84 valence electrons. The fourth-order valence-corrected chi connectivity index (χ4v) is 1.52. The smallest absolute Gasteiger partial charge is 0.119 e. The molecule has 0 spiro atoms. The SMILES string of the molecule is COc1ccc(-n2nncc2CCN)cc1. The van der Waals surface area contributed by atoms with E-state index >= 15 is 0 Å². The van der Waals surface area contributed by atoms with Crippen LogP contribution in [0, 0.1) is 0 Å². The van der Waals surface area contributed by atoms with Crippen LogP contribution in [0.5, 0.6) is 5.75 Å². The van der Waals surface area contributed by atoms with Crippen molar-refractivity contribution in [2.45, 2.75) is 6.42 Å². The Kier molecular flexibility index (Phi) is 3.16. The Bertz CT molecular complexity index is 449. The highest BCUT2D eigenvalue weighted by atomic mass is 16.5. The molecule has 0 saturated carbocycles. The fourth-order valence-electron chi connectivity index (χ4n) is 1.52. The number of nitrogens with two attached hydrogens (primary N) is 1. The molecular weight excluding hydrogens is 204 g/mol. The monoisotopic (exact) mass is 218 g/mol. The van der Waals surface area contributed by atoms with Gasteiger partial charge in [0.2, 0.25) is 0 Å². The summed E-state index contributed by atoms with van der Waals surface area (Å²) in [7, 11) is 1.64. The van der Waals surface area contributed by atoms with Gasteiger partial charge in [0.05, 0.1) is 24.7 Å². The Morgan fingerprint density at radius 3 is 2.69 bits per heavy atom. The summed E-state index contributed by atoms with van der Waals surface area (Å²) in [5, 5.41) is 7.92. The molecule has 0 aliphatic rings. The second-order valence-corrected chi connectivity index (χ2v) is 3.37. The minimum atomic E-state index is 0.587. The van der Waals surface area contributed by atoms with Crippen molar-refractivity contribution in [2.75, 3.05) is 13.7 Å². The first kappa shape index (κ1) is 10.6. The van der Waals surface area contributed by atoms with Crippen molar-refractivity contribution in [3.8, 4) is 11.4 Å². The molecule has 5 nitrogen and oxygen atoms in total. The summed E-state index contributed by atoms with van der Waals surface area (Å²) < 4.78 is 6.88. The van der Waals surface area contributed by atoms with Gasteiger partial charge in [0.25, 0.3) is 0 Å². The molecule has 0 fully saturated rings. The van der Waals surface area contributed by atoms with E-state index in [1.54, 1.807) is 18.0 Å². The third-order valence-corrected chi connectivity index (χ3v) is 2.34. The maximum absolute atomic E-state index is 5.52. The predicted octanol–water partition coefficient (Wildman–Crippen LogP) is 0.777. The third kappa shape index (κ3) is 2.04. The summed E-state index contributed by atoms with van der Waals surface area (Å²) in [4.78, 5) is 0. The molecule has 0 radical (unpaired) electrons. The second-order valence-electron chi connectivity index (χ2n) is 3.37. The van der Waals surface area contributed by atoms with E-state index in [2.05, 4.69) is 10.3 Å². The molecule has 1 aromatic carbocycles. The standard InChI is InChI=1S/C11H14N4O/c1-16-11-4-2-9(3-5-11)15-10(6-7-12)8-13-14-15/h2-5,8H,6-7,12H2,1H3. The Hall–Kier alpha value is -1.88. The lowest BCUT2D eigenvalue weighted by Crippen LogP contribution is -2.08. The van der Waals surface area contributed by atoms with Crippen molar-refractivity contribution in [3.05, 3.63) is 36.2 Å². The van der Waals surface area contributed by atoms with Crippen LogP contribution in [0.15, 0.2) is 30.5 Å². The van der Waals surface area contributed by atoms with Crippen molar-refractivity contribution in [2.24, 2.45) is 5.73 Å². The summed E-state index contributed by atoms with van der Waals surface area (Å²) in [6, 6.07) is 7.66. The third-order valence-electron chi connectivity index (χ3n) is 2.34. The van der Waals surface area contributed by atoms with E-state index < -0.39 is 0 Å². The average molecular weight is 218 g/mol. The Morgan fingerprint density at radius 2 is 2.06 bits per heavy atom. The van der Waals surface area contributed by atoms with Crippen molar-refractivity contribution in [3.63, 3.8) is 0 Å². The molecule has 0 amide bonds. The van der Waals surface area contributed by atoms with E-state index in [4.69, 9.17) is 10.5 Å². The van der Waals surface area contributed by atoms with Crippen molar-refractivity contribution in [1.29, 1.82) is 0 Å². The zero-order valence-electron chi connectivity index (χ0n) is 9.13. The van der Waals surface area contributed by atoms with Gasteiger partial charge in [0.15, 0.2) is 0 Å². The van der Waals surface area contributed by atoms with Crippen molar-refractivity contribution in [1.82, 2.24) is 15.0 Å². The first-order chi connectivity index (χ1) is 7.85. The molecule has 5 heteroatoms. The Labute approximate surface area is 93.8 Å². The normalized spacial score (nSPS) is 10.4. The molecule has 1 heterocycles.